The highest BCUT2D eigenvalue weighted by Gasteiger charge is 2.36. The Morgan fingerprint density at radius 1 is 1.38 bits per heavy atom. The maximum Gasteiger partial charge on any atom is 0.224 e. The molecule has 1 saturated heterocycles. The molecule has 5 heteroatoms. The first-order chi connectivity index (χ1) is 11.5. The first-order valence-electron chi connectivity index (χ1n) is 8.91. The maximum atomic E-state index is 12.7. The smallest absolute Gasteiger partial charge is 0.224 e. The van der Waals surface area contributed by atoms with Crippen molar-refractivity contribution in [1.82, 2.24) is 9.88 Å². The van der Waals surface area contributed by atoms with Gasteiger partial charge in [0, 0.05) is 31.7 Å². The predicted molar refractivity (Wildman–Crippen MR) is 93.6 cm³/mol. The molecule has 1 saturated carbocycles. The Hall–Kier alpha value is -2.09. The standard InChI is InChI=1S/C19H26N4O/c1-13(2)17-12-22(19-16(10-20)7-4-14(3)21-19)9-8-18(24)23(17)11-15-5-6-15/h4,7,13,15,17H,5-6,8-9,11-12H2,1-3H3/t17-/m0/s1. The monoisotopic (exact) mass is 326 g/mol. The molecular formula is C19H26N4O. The van der Waals surface area contributed by atoms with Crippen molar-refractivity contribution in [3.05, 3.63) is 23.4 Å². The lowest BCUT2D eigenvalue weighted by Crippen LogP contribution is -2.47. The summed E-state index contributed by atoms with van der Waals surface area (Å²) in [4.78, 5) is 21.5. The van der Waals surface area contributed by atoms with Gasteiger partial charge in [-0.05, 0) is 43.7 Å². The number of carbonyl (C=O) groups excluding carboxylic acids is 1. The van der Waals surface area contributed by atoms with Crippen LogP contribution >= 0.6 is 0 Å². The highest BCUT2D eigenvalue weighted by Crippen LogP contribution is 2.33. The Balaban J connectivity index is 1.90. The second-order valence-electron chi connectivity index (χ2n) is 7.43. The SMILES string of the molecule is Cc1ccc(C#N)c(N2CCC(=O)N(CC3CC3)[C@H](C(C)C)C2)n1. The zero-order valence-electron chi connectivity index (χ0n) is 14.8. The number of anilines is 1. The molecule has 1 amide bonds. The van der Waals surface area contributed by atoms with Crippen LogP contribution in [0.5, 0.6) is 0 Å². The van der Waals surface area contributed by atoms with Gasteiger partial charge in [-0.25, -0.2) is 4.98 Å². The molecule has 1 atom stereocenters. The molecule has 128 valence electrons. The van der Waals surface area contributed by atoms with E-state index < -0.39 is 0 Å². The van der Waals surface area contributed by atoms with Crippen molar-refractivity contribution in [3.8, 4) is 6.07 Å². The van der Waals surface area contributed by atoms with E-state index in [-0.39, 0.29) is 11.9 Å². The highest BCUT2D eigenvalue weighted by molar-refractivity contribution is 5.78. The first kappa shape index (κ1) is 16.8. The molecule has 1 aliphatic carbocycles. The van der Waals surface area contributed by atoms with Crippen molar-refractivity contribution < 1.29 is 4.79 Å². The molecule has 2 heterocycles. The van der Waals surface area contributed by atoms with Crippen LogP contribution in [0.15, 0.2) is 12.1 Å². The second-order valence-corrected chi connectivity index (χ2v) is 7.43. The molecule has 0 radical (unpaired) electrons. The Morgan fingerprint density at radius 2 is 2.12 bits per heavy atom. The molecular weight excluding hydrogens is 300 g/mol. The number of hydrogen-bond acceptors (Lipinski definition) is 4. The number of aryl methyl sites for hydroxylation is 1. The summed E-state index contributed by atoms with van der Waals surface area (Å²) in [7, 11) is 0. The lowest BCUT2D eigenvalue weighted by Gasteiger charge is -2.35. The Kier molecular flexibility index (Phi) is 4.75. The van der Waals surface area contributed by atoms with Gasteiger partial charge in [-0.3, -0.25) is 4.79 Å². The van der Waals surface area contributed by atoms with Crippen molar-refractivity contribution in [2.45, 2.75) is 46.1 Å². The van der Waals surface area contributed by atoms with Gasteiger partial charge in [-0.2, -0.15) is 5.26 Å². The van der Waals surface area contributed by atoms with Crippen LogP contribution in [0.2, 0.25) is 0 Å². The van der Waals surface area contributed by atoms with Crippen LogP contribution < -0.4 is 4.90 Å². The minimum atomic E-state index is 0.175. The fourth-order valence-electron chi connectivity index (χ4n) is 3.43. The number of pyridine rings is 1. The van der Waals surface area contributed by atoms with Crippen LogP contribution in [0.3, 0.4) is 0 Å². The third-order valence-electron chi connectivity index (χ3n) is 5.08. The number of carbonyl (C=O) groups is 1. The van der Waals surface area contributed by atoms with Crippen molar-refractivity contribution in [3.63, 3.8) is 0 Å². The van der Waals surface area contributed by atoms with E-state index in [9.17, 15) is 10.1 Å². The summed E-state index contributed by atoms with van der Waals surface area (Å²) in [6.07, 6.45) is 2.99. The van der Waals surface area contributed by atoms with Gasteiger partial charge >= 0.3 is 0 Å². The van der Waals surface area contributed by atoms with Gasteiger partial charge in [0.25, 0.3) is 0 Å². The summed E-state index contributed by atoms with van der Waals surface area (Å²) in [5, 5.41) is 9.42. The average molecular weight is 326 g/mol. The van der Waals surface area contributed by atoms with E-state index >= 15 is 0 Å². The Labute approximate surface area is 144 Å². The summed E-state index contributed by atoms with van der Waals surface area (Å²) >= 11 is 0. The third-order valence-corrected chi connectivity index (χ3v) is 5.08. The van der Waals surface area contributed by atoms with E-state index in [1.54, 1.807) is 0 Å². The van der Waals surface area contributed by atoms with Crippen LogP contribution in [-0.2, 0) is 4.79 Å². The topological polar surface area (TPSA) is 60.2 Å². The van der Waals surface area contributed by atoms with E-state index in [0.717, 1.165) is 24.6 Å². The molecule has 5 nitrogen and oxygen atoms in total. The van der Waals surface area contributed by atoms with Gasteiger partial charge in [0.2, 0.25) is 5.91 Å². The lowest BCUT2D eigenvalue weighted by atomic mass is 10.0. The number of nitriles is 1. The molecule has 2 aliphatic rings. The van der Waals surface area contributed by atoms with Gasteiger partial charge in [0.05, 0.1) is 11.6 Å². The van der Waals surface area contributed by atoms with Gasteiger partial charge in [-0.15, -0.1) is 0 Å². The molecule has 0 unspecified atom stereocenters. The molecule has 3 rings (SSSR count). The van der Waals surface area contributed by atoms with Gasteiger partial charge in [0.1, 0.15) is 11.9 Å². The summed E-state index contributed by atoms with van der Waals surface area (Å²) in [6, 6.07) is 6.12. The molecule has 0 bridgehead atoms. The highest BCUT2D eigenvalue weighted by atomic mass is 16.2. The largest absolute Gasteiger partial charge is 0.353 e. The van der Waals surface area contributed by atoms with Gasteiger partial charge < -0.3 is 9.80 Å². The fraction of sp³-hybridized carbons (Fsp3) is 0.632. The molecule has 0 spiro atoms. The average Bonchev–Trinajstić information content (AvgIpc) is 3.37. The maximum absolute atomic E-state index is 12.7. The summed E-state index contributed by atoms with van der Waals surface area (Å²) in [6.45, 7) is 8.57. The van der Waals surface area contributed by atoms with E-state index in [1.807, 2.05) is 19.1 Å². The molecule has 2 fully saturated rings. The van der Waals surface area contributed by atoms with E-state index in [1.165, 1.54) is 12.8 Å². The molecule has 0 aromatic carbocycles. The Bertz CT molecular complexity index is 660. The molecule has 1 aromatic rings. The zero-order valence-corrected chi connectivity index (χ0v) is 14.8. The van der Waals surface area contributed by atoms with E-state index in [4.69, 9.17) is 0 Å². The first-order valence-corrected chi connectivity index (χ1v) is 8.91. The van der Waals surface area contributed by atoms with Crippen LogP contribution in [0.1, 0.15) is 44.4 Å². The molecule has 24 heavy (non-hydrogen) atoms. The van der Waals surface area contributed by atoms with Crippen molar-refractivity contribution >= 4 is 11.7 Å². The summed E-state index contributed by atoms with van der Waals surface area (Å²) < 4.78 is 0. The summed E-state index contributed by atoms with van der Waals surface area (Å²) in [5.41, 5.74) is 1.49. The van der Waals surface area contributed by atoms with Crippen LogP contribution in [-0.4, -0.2) is 41.5 Å². The minimum absolute atomic E-state index is 0.175. The molecule has 1 aliphatic heterocycles. The number of amides is 1. The number of nitrogens with zero attached hydrogens (tertiary/aromatic N) is 4. The Morgan fingerprint density at radius 3 is 2.75 bits per heavy atom. The number of rotatable bonds is 4. The minimum Gasteiger partial charge on any atom is -0.353 e. The lowest BCUT2D eigenvalue weighted by molar-refractivity contribution is -0.133. The second kappa shape index (κ2) is 6.80. The fourth-order valence-corrected chi connectivity index (χ4v) is 3.43. The van der Waals surface area contributed by atoms with Crippen LogP contribution in [0.25, 0.3) is 0 Å². The van der Waals surface area contributed by atoms with Crippen LogP contribution in [0.4, 0.5) is 5.82 Å². The van der Waals surface area contributed by atoms with Crippen molar-refractivity contribution in [1.29, 1.82) is 5.26 Å². The van der Waals surface area contributed by atoms with Crippen LogP contribution in [0, 0.1) is 30.1 Å². The zero-order chi connectivity index (χ0) is 17.3. The number of hydrogen-bond donors (Lipinski definition) is 0. The van der Waals surface area contributed by atoms with Gasteiger partial charge in [-0.1, -0.05) is 13.8 Å². The normalized spacial score (nSPS) is 21.8. The van der Waals surface area contributed by atoms with Gasteiger partial charge in [0.15, 0.2) is 0 Å². The van der Waals surface area contributed by atoms with E-state index in [2.05, 4.69) is 34.7 Å². The van der Waals surface area contributed by atoms with Crippen molar-refractivity contribution in [2.75, 3.05) is 24.5 Å². The molecule has 0 N–H and O–H groups in total. The third kappa shape index (κ3) is 3.53. The summed E-state index contributed by atoms with van der Waals surface area (Å²) in [5.74, 6) is 2.04. The molecule has 1 aromatic heterocycles. The number of aromatic nitrogens is 1. The quantitative estimate of drug-likeness (QED) is 0.853. The van der Waals surface area contributed by atoms with E-state index in [0.29, 0.717) is 30.4 Å². The predicted octanol–water partition coefficient (Wildman–Crippen LogP) is 2.74. The van der Waals surface area contributed by atoms with Crippen molar-refractivity contribution in [2.24, 2.45) is 11.8 Å².